The van der Waals surface area contributed by atoms with Crippen molar-refractivity contribution in [3.63, 3.8) is 0 Å². The van der Waals surface area contributed by atoms with E-state index in [0.29, 0.717) is 11.5 Å². The summed E-state index contributed by atoms with van der Waals surface area (Å²) in [6.07, 6.45) is 9.24. The molecule has 1 aliphatic carbocycles. The third-order valence-electron chi connectivity index (χ3n) is 3.32. The molecule has 2 atom stereocenters. The van der Waals surface area contributed by atoms with E-state index in [1.165, 1.54) is 6.42 Å². The van der Waals surface area contributed by atoms with Crippen LogP contribution in [0, 0.1) is 5.41 Å². The van der Waals surface area contributed by atoms with Crippen LogP contribution in [-0.4, -0.2) is 15.6 Å². The molecule has 78 valence electrons. The summed E-state index contributed by atoms with van der Waals surface area (Å²) in [4.78, 5) is 4.09. The van der Waals surface area contributed by atoms with Gasteiger partial charge in [-0.3, -0.25) is 0 Å². The van der Waals surface area contributed by atoms with Gasteiger partial charge in [0, 0.05) is 18.4 Å². The van der Waals surface area contributed by atoms with Gasteiger partial charge in [-0.25, -0.2) is 4.98 Å². The summed E-state index contributed by atoms with van der Waals surface area (Å²) in [5.41, 5.74) is 6.56. The van der Waals surface area contributed by atoms with Crippen molar-refractivity contribution in [3.05, 3.63) is 18.7 Å². The molecule has 0 saturated heterocycles. The predicted octanol–water partition coefficient (Wildman–Crippen LogP) is 1.96. The van der Waals surface area contributed by atoms with E-state index in [-0.39, 0.29) is 6.04 Å². The molecule has 2 N–H and O–H groups in total. The minimum absolute atomic E-state index is 0.289. The number of hydrogen-bond acceptors (Lipinski definition) is 2. The van der Waals surface area contributed by atoms with Crippen molar-refractivity contribution in [1.29, 1.82) is 0 Å². The molecule has 0 bridgehead atoms. The maximum absolute atomic E-state index is 6.14. The molecule has 1 heterocycles. The normalized spacial score (nSPS) is 31.6. The summed E-state index contributed by atoms with van der Waals surface area (Å²) >= 11 is 0. The van der Waals surface area contributed by atoms with Gasteiger partial charge in [0.15, 0.2) is 0 Å². The van der Waals surface area contributed by atoms with Crippen LogP contribution in [-0.2, 0) is 0 Å². The summed E-state index contributed by atoms with van der Waals surface area (Å²) in [5, 5.41) is 0. The first-order valence-electron chi connectivity index (χ1n) is 5.31. The predicted molar refractivity (Wildman–Crippen MR) is 56.9 cm³/mol. The van der Waals surface area contributed by atoms with Crippen LogP contribution in [0.2, 0.25) is 0 Å². The zero-order valence-electron chi connectivity index (χ0n) is 8.98. The lowest BCUT2D eigenvalue weighted by molar-refractivity contribution is 0.161. The van der Waals surface area contributed by atoms with Crippen LogP contribution in [0.3, 0.4) is 0 Å². The fourth-order valence-corrected chi connectivity index (χ4v) is 2.36. The van der Waals surface area contributed by atoms with Gasteiger partial charge in [0.2, 0.25) is 0 Å². The lowest BCUT2D eigenvalue weighted by atomic mass is 9.73. The van der Waals surface area contributed by atoms with Crippen LogP contribution in [0.5, 0.6) is 0 Å². The van der Waals surface area contributed by atoms with E-state index in [0.717, 1.165) is 12.8 Å². The topological polar surface area (TPSA) is 43.8 Å². The average molecular weight is 193 g/mol. The Morgan fingerprint density at radius 1 is 1.50 bits per heavy atom. The molecule has 0 aromatic carbocycles. The number of nitrogens with two attached hydrogens (primary N) is 1. The summed E-state index contributed by atoms with van der Waals surface area (Å²) in [6.45, 7) is 4.64. The second kappa shape index (κ2) is 3.39. The number of hydrogen-bond donors (Lipinski definition) is 1. The van der Waals surface area contributed by atoms with E-state index >= 15 is 0 Å². The molecule has 0 radical (unpaired) electrons. The third-order valence-corrected chi connectivity index (χ3v) is 3.32. The lowest BCUT2D eigenvalue weighted by Crippen LogP contribution is -2.40. The highest BCUT2D eigenvalue weighted by Gasteiger charge is 2.33. The Balaban J connectivity index is 2.17. The highest BCUT2D eigenvalue weighted by atomic mass is 15.1. The molecule has 14 heavy (non-hydrogen) atoms. The molecule has 1 saturated carbocycles. The second-order valence-electron chi connectivity index (χ2n) is 5.15. The van der Waals surface area contributed by atoms with E-state index in [1.807, 2.05) is 18.7 Å². The zero-order valence-corrected chi connectivity index (χ0v) is 8.98. The molecular formula is C11H19N3. The zero-order chi connectivity index (χ0) is 10.2. The highest BCUT2D eigenvalue weighted by molar-refractivity contribution is 4.93. The van der Waals surface area contributed by atoms with Crippen LogP contribution in [0.1, 0.15) is 39.2 Å². The van der Waals surface area contributed by atoms with E-state index in [2.05, 4.69) is 23.4 Å². The Kier molecular flexibility index (Phi) is 2.35. The van der Waals surface area contributed by atoms with E-state index in [1.54, 1.807) is 0 Å². The summed E-state index contributed by atoms with van der Waals surface area (Å²) in [6, 6.07) is 0.721. The minimum Gasteiger partial charge on any atom is -0.333 e. The Hall–Kier alpha value is -0.830. The quantitative estimate of drug-likeness (QED) is 0.741. The van der Waals surface area contributed by atoms with Crippen LogP contribution in [0.4, 0.5) is 0 Å². The van der Waals surface area contributed by atoms with Gasteiger partial charge in [0.05, 0.1) is 12.4 Å². The first-order chi connectivity index (χ1) is 6.58. The Morgan fingerprint density at radius 3 is 2.93 bits per heavy atom. The maximum Gasteiger partial charge on any atom is 0.0949 e. The van der Waals surface area contributed by atoms with E-state index < -0.39 is 0 Å². The van der Waals surface area contributed by atoms with Crippen molar-refractivity contribution in [2.24, 2.45) is 11.1 Å². The number of nitrogens with zero attached hydrogens (tertiary/aromatic N) is 2. The SMILES string of the molecule is CC1(C)CCC(N)C(n2ccnc2)C1. The van der Waals surface area contributed by atoms with Crippen molar-refractivity contribution in [2.75, 3.05) is 0 Å². The maximum atomic E-state index is 6.14. The Labute approximate surface area is 85.3 Å². The number of aromatic nitrogens is 2. The molecule has 1 fully saturated rings. The molecule has 0 spiro atoms. The van der Waals surface area contributed by atoms with Crippen molar-refractivity contribution >= 4 is 0 Å². The minimum atomic E-state index is 0.289. The van der Waals surface area contributed by atoms with Gasteiger partial charge >= 0.3 is 0 Å². The molecule has 2 rings (SSSR count). The lowest BCUT2D eigenvalue weighted by Gasteiger charge is -2.39. The standard InChI is InChI=1S/C11H19N3/c1-11(2)4-3-9(12)10(7-11)14-6-5-13-8-14/h5-6,8-10H,3-4,7,12H2,1-2H3. The van der Waals surface area contributed by atoms with E-state index in [9.17, 15) is 0 Å². The van der Waals surface area contributed by atoms with Gasteiger partial charge < -0.3 is 10.3 Å². The molecular weight excluding hydrogens is 174 g/mol. The van der Waals surface area contributed by atoms with Gasteiger partial charge in [-0.15, -0.1) is 0 Å². The molecule has 1 aromatic rings. The van der Waals surface area contributed by atoms with Crippen LogP contribution in [0.25, 0.3) is 0 Å². The monoisotopic (exact) mass is 193 g/mol. The molecule has 3 nitrogen and oxygen atoms in total. The molecule has 0 amide bonds. The summed E-state index contributed by atoms with van der Waals surface area (Å²) in [5.74, 6) is 0. The number of rotatable bonds is 1. The molecule has 3 heteroatoms. The highest BCUT2D eigenvalue weighted by Crippen LogP contribution is 2.40. The third kappa shape index (κ3) is 1.82. The first-order valence-corrected chi connectivity index (χ1v) is 5.31. The van der Waals surface area contributed by atoms with Gasteiger partial charge in [0.25, 0.3) is 0 Å². The van der Waals surface area contributed by atoms with Crippen LogP contribution >= 0.6 is 0 Å². The smallest absolute Gasteiger partial charge is 0.0949 e. The summed E-state index contributed by atoms with van der Waals surface area (Å²) < 4.78 is 2.16. The Bertz CT molecular complexity index is 289. The fourth-order valence-electron chi connectivity index (χ4n) is 2.36. The van der Waals surface area contributed by atoms with E-state index in [4.69, 9.17) is 5.73 Å². The van der Waals surface area contributed by atoms with Gasteiger partial charge in [-0.1, -0.05) is 13.8 Å². The number of imidazole rings is 1. The molecule has 0 aliphatic heterocycles. The van der Waals surface area contributed by atoms with Crippen molar-refractivity contribution in [1.82, 2.24) is 9.55 Å². The van der Waals surface area contributed by atoms with Gasteiger partial charge in [0.1, 0.15) is 0 Å². The second-order valence-corrected chi connectivity index (χ2v) is 5.15. The van der Waals surface area contributed by atoms with Crippen molar-refractivity contribution < 1.29 is 0 Å². The average Bonchev–Trinajstić information content (AvgIpc) is 2.62. The van der Waals surface area contributed by atoms with Crippen LogP contribution < -0.4 is 5.73 Å². The largest absolute Gasteiger partial charge is 0.333 e. The van der Waals surface area contributed by atoms with Crippen molar-refractivity contribution in [3.8, 4) is 0 Å². The van der Waals surface area contributed by atoms with Gasteiger partial charge in [-0.2, -0.15) is 0 Å². The van der Waals surface area contributed by atoms with Crippen LogP contribution in [0.15, 0.2) is 18.7 Å². The van der Waals surface area contributed by atoms with Gasteiger partial charge in [-0.05, 0) is 24.7 Å². The molecule has 2 unspecified atom stereocenters. The van der Waals surface area contributed by atoms with Crippen molar-refractivity contribution in [2.45, 2.75) is 45.2 Å². The first kappa shape index (κ1) is 9.71. The molecule has 1 aliphatic rings. The molecule has 1 aromatic heterocycles. The summed E-state index contributed by atoms with van der Waals surface area (Å²) in [7, 11) is 0. The Morgan fingerprint density at radius 2 is 2.29 bits per heavy atom. The fraction of sp³-hybridized carbons (Fsp3) is 0.727.